The zero-order chi connectivity index (χ0) is 50.9. The molecule has 1 unspecified atom stereocenters. The molecule has 374 valence electrons. The SMILES string of the molecule is C=C1NC(=O)CCC1c1nn(C)c2cc(CN3CCC4(CC3)CC4)ccc12.C=CN.C=Cc1nc(N2CCc3cccc(C(=C)Nc4nc5ccccc5s4)c3C2)ccc1-c1cccc(CCC)c1C.CC. The van der Waals surface area contributed by atoms with E-state index >= 15 is 0 Å². The summed E-state index contributed by atoms with van der Waals surface area (Å²) >= 11 is 1.65. The number of benzene rings is 4. The number of nitrogens with one attached hydrogen (secondary N) is 2. The number of pyridine rings is 1. The Bertz CT molecular complexity index is 3060. The number of hydrogen-bond acceptors (Lipinski definition) is 9. The van der Waals surface area contributed by atoms with Crippen molar-refractivity contribution < 1.29 is 4.79 Å². The lowest BCUT2D eigenvalue weighted by atomic mass is 9.90. The summed E-state index contributed by atoms with van der Waals surface area (Å²) in [4.78, 5) is 26.4. The highest BCUT2D eigenvalue weighted by atomic mass is 32.1. The van der Waals surface area contributed by atoms with Gasteiger partial charge in [0.2, 0.25) is 5.91 Å². The number of likely N-dealkylation sites (tertiary alicyclic amines) is 1. The molecule has 4 N–H and O–H groups in total. The molecule has 72 heavy (non-hydrogen) atoms. The van der Waals surface area contributed by atoms with Gasteiger partial charge in [0.05, 0.1) is 27.1 Å². The quantitative estimate of drug-likeness (QED) is 0.117. The molecule has 11 rings (SSSR count). The summed E-state index contributed by atoms with van der Waals surface area (Å²) in [6.45, 7) is 29.4. The van der Waals surface area contributed by atoms with Crippen LogP contribution in [0.2, 0.25) is 0 Å². The number of aromatic nitrogens is 4. The molecule has 0 radical (unpaired) electrons. The van der Waals surface area contributed by atoms with E-state index in [1.54, 1.807) is 11.3 Å². The maximum Gasteiger partial charge on any atom is 0.224 e. The van der Waals surface area contributed by atoms with Crippen molar-refractivity contribution in [2.45, 2.75) is 104 Å². The van der Waals surface area contributed by atoms with Gasteiger partial charge in [0.25, 0.3) is 0 Å². The fraction of sp³-hybridized carbons (Fsp3) is 0.344. The van der Waals surface area contributed by atoms with Crippen LogP contribution in [-0.2, 0) is 37.8 Å². The first-order chi connectivity index (χ1) is 35.0. The van der Waals surface area contributed by atoms with Gasteiger partial charge in [-0.3, -0.25) is 14.4 Å². The van der Waals surface area contributed by atoms with Crippen LogP contribution in [0.3, 0.4) is 0 Å². The monoisotopic (exact) mass is 980 g/mol. The molecule has 1 atom stereocenters. The second-order valence-corrected chi connectivity index (χ2v) is 20.4. The Morgan fingerprint density at radius 3 is 2.42 bits per heavy atom. The third kappa shape index (κ3) is 11.4. The molecule has 4 aromatic carbocycles. The maximum atomic E-state index is 11.6. The van der Waals surface area contributed by atoms with E-state index < -0.39 is 0 Å². The molecule has 1 amide bonds. The van der Waals surface area contributed by atoms with Crippen LogP contribution in [0.1, 0.15) is 116 Å². The number of anilines is 2. The molecule has 0 bridgehead atoms. The number of aryl methyl sites for hydroxylation is 2. The highest BCUT2D eigenvalue weighted by molar-refractivity contribution is 7.22. The van der Waals surface area contributed by atoms with E-state index in [2.05, 4.69) is 139 Å². The Labute approximate surface area is 431 Å². The summed E-state index contributed by atoms with van der Waals surface area (Å²) in [5.41, 5.74) is 21.4. The number of thiazole rings is 1. The Morgan fingerprint density at radius 1 is 0.931 bits per heavy atom. The number of hydrogen-bond donors (Lipinski definition) is 3. The molecule has 1 spiro atoms. The maximum absolute atomic E-state index is 11.6. The molecule has 11 heteroatoms. The molecule has 1 aliphatic carbocycles. The first kappa shape index (κ1) is 51.5. The normalized spacial score (nSPS) is 16.8. The Balaban J connectivity index is 0.000000188. The number of carbonyl (C=O) groups is 1. The number of fused-ring (bicyclic) bond motifs is 3. The van der Waals surface area contributed by atoms with Crippen molar-refractivity contribution in [2.24, 2.45) is 18.2 Å². The molecule has 10 nitrogen and oxygen atoms in total. The average molecular weight is 980 g/mol. The summed E-state index contributed by atoms with van der Waals surface area (Å²) < 4.78 is 3.15. The van der Waals surface area contributed by atoms with Crippen LogP contribution in [0.25, 0.3) is 44.0 Å². The topological polar surface area (TPSA) is 117 Å². The van der Waals surface area contributed by atoms with Gasteiger partial charge in [-0.1, -0.05) is 126 Å². The minimum absolute atomic E-state index is 0.0632. The third-order valence-corrected chi connectivity index (χ3v) is 15.7. The number of carbonyl (C=O) groups excluding carboxylic acids is 1. The van der Waals surface area contributed by atoms with Crippen molar-refractivity contribution in [1.29, 1.82) is 0 Å². The van der Waals surface area contributed by atoms with Gasteiger partial charge in [-0.25, -0.2) is 9.97 Å². The lowest BCUT2D eigenvalue weighted by Crippen LogP contribution is -2.33. The molecule has 3 aliphatic heterocycles. The minimum atomic E-state index is 0.0632. The molecule has 6 heterocycles. The molecule has 1 saturated carbocycles. The van der Waals surface area contributed by atoms with Crippen LogP contribution < -0.4 is 21.3 Å². The van der Waals surface area contributed by atoms with Crippen LogP contribution in [0.5, 0.6) is 0 Å². The second kappa shape index (κ2) is 23.2. The van der Waals surface area contributed by atoms with Crippen LogP contribution in [-0.4, -0.2) is 50.2 Å². The van der Waals surface area contributed by atoms with Gasteiger partial charge < -0.3 is 21.3 Å². The van der Waals surface area contributed by atoms with Crippen LogP contribution in [0.4, 0.5) is 10.9 Å². The number of amides is 1. The summed E-state index contributed by atoms with van der Waals surface area (Å²) in [5, 5.41) is 13.2. The van der Waals surface area contributed by atoms with Gasteiger partial charge in [0.1, 0.15) is 5.82 Å². The van der Waals surface area contributed by atoms with Crippen LogP contribution in [0, 0.1) is 12.3 Å². The number of nitrogens with two attached hydrogens (primary N) is 1. The first-order valence-electron chi connectivity index (χ1n) is 25.9. The van der Waals surface area contributed by atoms with E-state index in [4.69, 9.17) is 15.1 Å². The Kier molecular flexibility index (Phi) is 16.6. The number of para-hydroxylation sites is 1. The number of allylic oxidation sites excluding steroid dienone is 1. The van der Waals surface area contributed by atoms with Crippen molar-refractivity contribution in [1.82, 2.24) is 30.0 Å². The number of piperidine rings is 2. The van der Waals surface area contributed by atoms with E-state index in [9.17, 15) is 4.79 Å². The summed E-state index contributed by atoms with van der Waals surface area (Å²) in [7, 11) is 2.01. The molecule has 7 aromatic rings. The summed E-state index contributed by atoms with van der Waals surface area (Å²) in [6.07, 6.45) is 13.3. The standard InChI is InChI=1S/C35H34N4S.C22H28N4O.C2H5N.C2H6/c1-5-11-25-12-9-14-27(23(25)3)29-18-19-34(37-31(29)6-2)39-21-20-26-13-10-15-28(30(26)22-39)24(4)36-35-38-32-16-7-8-17-33(32)40-35;1-15-17(5-6-20(27)23-15)21-18-4-3-16(13-19(18)25(2)24-21)14-26-11-9-22(7-8-22)10-12-26;1-2-3;1-2/h6-10,12-19H,2,4-5,11,20-22H2,1,3H3,(H,36,38);3-4,13,17H,1,5-12,14H2,2H3,(H,23,27);2H,1,3H2;1-2H3. The van der Waals surface area contributed by atoms with Crippen molar-refractivity contribution in [3.63, 3.8) is 0 Å². The third-order valence-electron chi connectivity index (χ3n) is 14.8. The van der Waals surface area contributed by atoms with Gasteiger partial charge >= 0.3 is 0 Å². The van der Waals surface area contributed by atoms with Crippen LogP contribution >= 0.6 is 11.3 Å². The molecular formula is C61H73N9OS. The smallest absolute Gasteiger partial charge is 0.224 e. The van der Waals surface area contributed by atoms with Gasteiger partial charge in [-0.15, -0.1) is 0 Å². The molecule has 3 aromatic heterocycles. The second-order valence-electron chi connectivity index (χ2n) is 19.4. The average Bonchev–Trinajstić information content (AvgIpc) is 3.90. The molecule has 3 fully saturated rings. The zero-order valence-corrected chi connectivity index (χ0v) is 44.0. The van der Waals surface area contributed by atoms with Gasteiger partial charge in [-0.2, -0.15) is 5.10 Å². The van der Waals surface area contributed by atoms with Gasteiger partial charge in [-0.05, 0) is 146 Å². The fourth-order valence-electron chi connectivity index (χ4n) is 10.6. The largest absolute Gasteiger partial charge is 0.405 e. The van der Waals surface area contributed by atoms with Crippen molar-refractivity contribution in [3.8, 4) is 11.1 Å². The summed E-state index contributed by atoms with van der Waals surface area (Å²) in [6, 6.07) is 32.5. The highest BCUT2D eigenvalue weighted by Crippen LogP contribution is 2.53. The van der Waals surface area contributed by atoms with E-state index in [1.807, 2.05) is 49.9 Å². The van der Waals surface area contributed by atoms with Crippen molar-refractivity contribution in [3.05, 3.63) is 174 Å². The van der Waals surface area contributed by atoms with Gasteiger partial charge in [0.15, 0.2) is 5.13 Å². The lowest BCUT2D eigenvalue weighted by Gasteiger charge is -2.32. The highest BCUT2D eigenvalue weighted by Gasteiger charge is 2.44. The van der Waals surface area contributed by atoms with E-state index in [1.165, 1.54) is 94.0 Å². The van der Waals surface area contributed by atoms with Crippen molar-refractivity contribution >= 4 is 61.1 Å². The first-order valence-corrected chi connectivity index (χ1v) is 26.7. The zero-order valence-electron chi connectivity index (χ0n) is 43.2. The fourth-order valence-corrected chi connectivity index (χ4v) is 11.5. The van der Waals surface area contributed by atoms with Gasteiger partial charge in [0, 0.05) is 66.9 Å². The van der Waals surface area contributed by atoms with Crippen LogP contribution in [0.15, 0.2) is 129 Å². The Morgan fingerprint density at radius 2 is 1.69 bits per heavy atom. The van der Waals surface area contributed by atoms with E-state index in [-0.39, 0.29) is 11.8 Å². The molecule has 4 aliphatic rings. The molecular weight excluding hydrogens is 907 g/mol. The number of rotatable bonds is 11. The number of nitrogens with zero attached hydrogens (tertiary/aromatic N) is 6. The lowest BCUT2D eigenvalue weighted by molar-refractivity contribution is -0.121. The van der Waals surface area contributed by atoms with E-state index in [0.29, 0.717) is 6.42 Å². The predicted octanol–water partition coefficient (Wildman–Crippen LogP) is 13.5. The summed E-state index contributed by atoms with van der Waals surface area (Å²) in [5.74, 6) is 1.15. The Hall–Kier alpha value is -6.82. The minimum Gasteiger partial charge on any atom is -0.405 e. The van der Waals surface area contributed by atoms with Crippen molar-refractivity contribution in [2.75, 3.05) is 29.9 Å². The van der Waals surface area contributed by atoms with E-state index in [0.717, 1.165) is 101 Å². The predicted molar refractivity (Wildman–Crippen MR) is 304 cm³/mol. The molecule has 2 saturated heterocycles.